The number of hydrogen-bond acceptors (Lipinski definition) is 3. The van der Waals surface area contributed by atoms with Crippen LogP contribution in [0.3, 0.4) is 0 Å². The Morgan fingerprint density at radius 2 is 1.94 bits per heavy atom. The van der Waals surface area contributed by atoms with Gasteiger partial charge in [-0.3, -0.25) is 4.79 Å². The molecule has 0 radical (unpaired) electrons. The highest BCUT2D eigenvalue weighted by molar-refractivity contribution is 5.81. The van der Waals surface area contributed by atoms with Crippen molar-refractivity contribution in [3.05, 3.63) is 0 Å². The van der Waals surface area contributed by atoms with Crippen molar-refractivity contribution in [1.29, 1.82) is 0 Å². The first-order valence-corrected chi connectivity index (χ1v) is 5.94. The van der Waals surface area contributed by atoms with Crippen molar-refractivity contribution in [2.75, 3.05) is 13.1 Å². The summed E-state index contributed by atoms with van der Waals surface area (Å²) in [6.45, 7) is 10.3. The number of amides is 1. The Kier molecular flexibility index (Phi) is 5.97. The van der Waals surface area contributed by atoms with Crippen molar-refractivity contribution >= 4 is 5.91 Å². The van der Waals surface area contributed by atoms with Crippen molar-refractivity contribution in [1.82, 2.24) is 4.90 Å². The first-order chi connectivity index (χ1) is 7.17. The first kappa shape index (κ1) is 15.4. The maximum Gasteiger partial charge on any atom is 0.239 e. The molecule has 0 saturated heterocycles. The standard InChI is InChI=1S/C12H26N2O2/c1-6-14(8-12(4,5)16)11(15)10(13)7-9(2)3/h9-10,16H,6-8,13H2,1-5H3/t10-/m0/s1. The molecule has 3 N–H and O–H groups in total. The molecule has 0 saturated carbocycles. The quantitative estimate of drug-likeness (QED) is 0.715. The SMILES string of the molecule is CCN(CC(C)(C)O)C(=O)[C@@H](N)CC(C)C. The lowest BCUT2D eigenvalue weighted by atomic mass is 10.0. The summed E-state index contributed by atoms with van der Waals surface area (Å²) in [6, 6.07) is -0.456. The molecule has 0 aliphatic carbocycles. The van der Waals surface area contributed by atoms with E-state index in [1.807, 2.05) is 20.8 Å². The van der Waals surface area contributed by atoms with Crippen LogP contribution >= 0.6 is 0 Å². The molecule has 0 aromatic heterocycles. The fourth-order valence-corrected chi connectivity index (χ4v) is 1.66. The molecule has 4 heteroatoms. The van der Waals surface area contributed by atoms with E-state index in [2.05, 4.69) is 0 Å². The minimum Gasteiger partial charge on any atom is -0.389 e. The van der Waals surface area contributed by atoms with Gasteiger partial charge in [0, 0.05) is 13.1 Å². The Bertz CT molecular complexity index is 222. The second kappa shape index (κ2) is 6.21. The number of aliphatic hydroxyl groups is 1. The van der Waals surface area contributed by atoms with Gasteiger partial charge in [-0.05, 0) is 33.1 Å². The molecular weight excluding hydrogens is 204 g/mol. The van der Waals surface area contributed by atoms with E-state index in [-0.39, 0.29) is 5.91 Å². The molecule has 0 aliphatic rings. The summed E-state index contributed by atoms with van der Waals surface area (Å²) >= 11 is 0. The Balaban J connectivity index is 4.41. The number of nitrogens with zero attached hydrogens (tertiary/aromatic N) is 1. The molecule has 0 unspecified atom stereocenters. The topological polar surface area (TPSA) is 66.6 Å². The van der Waals surface area contributed by atoms with E-state index in [9.17, 15) is 9.90 Å². The zero-order valence-electron chi connectivity index (χ0n) is 11.2. The maximum absolute atomic E-state index is 12.0. The van der Waals surface area contributed by atoms with Crippen LogP contribution in [0.4, 0.5) is 0 Å². The number of nitrogens with two attached hydrogens (primary N) is 1. The van der Waals surface area contributed by atoms with E-state index in [4.69, 9.17) is 5.73 Å². The summed E-state index contributed by atoms with van der Waals surface area (Å²) < 4.78 is 0. The van der Waals surface area contributed by atoms with Crippen LogP contribution in [0.25, 0.3) is 0 Å². The molecule has 96 valence electrons. The number of carbonyl (C=O) groups excluding carboxylic acids is 1. The van der Waals surface area contributed by atoms with Crippen LogP contribution in [-0.4, -0.2) is 40.6 Å². The molecule has 0 aliphatic heterocycles. The van der Waals surface area contributed by atoms with E-state index >= 15 is 0 Å². The van der Waals surface area contributed by atoms with Gasteiger partial charge in [-0.25, -0.2) is 0 Å². The molecular formula is C12H26N2O2. The van der Waals surface area contributed by atoms with Crippen molar-refractivity contribution in [3.63, 3.8) is 0 Å². The minimum atomic E-state index is -0.872. The average Bonchev–Trinajstić information content (AvgIpc) is 2.10. The van der Waals surface area contributed by atoms with Crippen LogP contribution in [0.2, 0.25) is 0 Å². The van der Waals surface area contributed by atoms with E-state index in [1.54, 1.807) is 18.7 Å². The largest absolute Gasteiger partial charge is 0.389 e. The summed E-state index contributed by atoms with van der Waals surface area (Å²) in [5.74, 6) is 0.332. The van der Waals surface area contributed by atoms with Crippen LogP contribution in [0.15, 0.2) is 0 Å². The number of likely N-dealkylation sites (N-methyl/N-ethyl adjacent to an activating group) is 1. The van der Waals surface area contributed by atoms with Gasteiger partial charge in [0.2, 0.25) is 5.91 Å². The number of rotatable bonds is 6. The summed E-state index contributed by atoms with van der Waals surface area (Å²) in [4.78, 5) is 13.6. The highest BCUT2D eigenvalue weighted by Crippen LogP contribution is 2.09. The first-order valence-electron chi connectivity index (χ1n) is 5.94. The normalized spacial score (nSPS) is 14.0. The monoisotopic (exact) mass is 230 g/mol. The molecule has 1 amide bonds. The van der Waals surface area contributed by atoms with Gasteiger partial charge >= 0.3 is 0 Å². The summed E-state index contributed by atoms with van der Waals surface area (Å²) in [5, 5.41) is 9.70. The number of hydrogen-bond donors (Lipinski definition) is 2. The molecule has 0 heterocycles. The van der Waals surface area contributed by atoms with Crippen LogP contribution in [0, 0.1) is 5.92 Å². The van der Waals surface area contributed by atoms with Gasteiger partial charge in [-0.2, -0.15) is 0 Å². The molecule has 0 aromatic carbocycles. The lowest BCUT2D eigenvalue weighted by Crippen LogP contribution is -2.49. The van der Waals surface area contributed by atoms with Gasteiger partial charge in [0.05, 0.1) is 11.6 Å². The zero-order valence-corrected chi connectivity index (χ0v) is 11.2. The highest BCUT2D eigenvalue weighted by atomic mass is 16.3. The van der Waals surface area contributed by atoms with E-state index in [0.29, 0.717) is 25.4 Å². The van der Waals surface area contributed by atoms with Crippen LogP contribution < -0.4 is 5.73 Å². The van der Waals surface area contributed by atoms with Gasteiger partial charge in [0.1, 0.15) is 0 Å². The number of carbonyl (C=O) groups is 1. The fraction of sp³-hybridized carbons (Fsp3) is 0.917. The second-order valence-corrected chi connectivity index (χ2v) is 5.40. The van der Waals surface area contributed by atoms with Gasteiger partial charge in [-0.15, -0.1) is 0 Å². The van der Waals surface area contributed by atoms with Crippen LogP contribution in [0.5, 0.6) is 0 Å². The molecule has 0 spiro atoms. The second-order valence-electron chi connectivity index (χ2n) is 5.40. The molecule has 0 fully saturated rings. The lowest BCUT2D eigenvalue weighted by molar-refractivity contribution is -0.135. The zero-order chi connectivity index (χ0) is 12.9. The Morgan fingerprint density at radius 1 is 1.44 bits per heavy atom. The predicted octanol–water partition coefficient (Wildman–Crippen LogP) is 0.979. The molecule has 16 heavy (non-hydrogen) atoms. The average molecular weight is 230 g/mol. The van der Waals surface area contributed by atoms with E-state index < -0.39 is 11.6 Å². The van der Waals surface area contributed by atoms with Gasteiger partial charge in [0.15, 0.2) is 0 Å². The third kappa shape index (κ3) is 6.08. The van der Waals surface area contributed by atoms with Gasteiger partial charge in [-0.1, -0.05) is 13.8 Å². The van der Waals surface area contributed by atoms with E-state index in [0.717, 1.165) is 0 Å². The van der Waals surface area contributed by atoms with E-state index in [1.165, 1.54) is 0 Å². The molecule has 0 bridgehead atoms. The van der Waals surface area contributed by atoms with Crippen molar-refractivity contribution in [2.24, 2.45) is 11.7 Å². The molecule has 1 atom stereocenters. The lowest BCUT2D eigenvalue weighted by Gasteiger charge is -2.30. The molecule has 0 aromatic rings. The van der Waals surface area contributed by atoms with Gasteiger partial charge < -0.3 is 15.7 Å². The third-order valence-electron chi connectivity index (χ3n) is 2.31. The fourth-order valence-electron chi connectivity index (χ4n) is 1.66. The highest BCUT2D eigenvalue weighted by Gasteiger charge is 2.25. The third-order valence-corrected chi connectivity index (χ3v) is 2.31. The summed E-state index contributed by atoms with van der Waals surface area (Å²) in [5.41, 5.74) is 4.97. The van der Waals surface area contributed by atoms with Crippen LogP contribution in [0.1, 0.15) is 41.0 Å². The van der Waals surface area contributed by atoms with Crippen molar-refractivity contribution < 1.29 is 9.90 Å². The Morgan fingerprint density at radius 3 is 2.25 bits per heavy atom. The predicted molar refractivity (Wildman–Crippen MR) is 66.0 cm³/mol. The maximum atomic E-state index is 12.0. The van der Waals surface area contributed by atoms with Gasteiger partial charge in [0.25, 0.3) is 0 Å². The minimum absolute atomic E-state index is 0.0710. The Hall–Kier alpha value is -0.610. The smallest absolute Gasteiger partial charge is 0.239 e. The molecule has 0 rings (SSSR count). The Labute approximate surface area is 98.8 Å². The van der Waals surface area contributed by atoms with Crippen molar-refractivity contribution in [2.45, 2.75) is 52.7 Å². The van der Waals surface area contributed by atoms with Crippen molar-refractivity contribution in [3.8, 4) is 0 Å². The summed E-state index contributed by atoms with van der Waals surface area (Å²) in [6.07, 6.45) is 0.682. The molecule has 4 nitrogen and oxygen atoms in total. The summed E-state index contributed by atoms with van der Waals surface area (Å²) in [7, 11) is 0. The van der Waals surface area contributed by atoms with Crippen LogP contribution in [-0.2, 0) is 4.79 Å².